The van der Waals surface area contributed by atoms with Crippen molar-refractivity contribution in [3.05, 3.63) is 42.7 Å². The van der Waals surface area contributed by atoms with Crippen LogP contribution in [0, 0.1) is 0 Å². The van der Waals surface area contributed by atoms with Gasteiger partial charge in [-0.2, -0.15) is 5.10 Å². The quantitative estimate of drug-likeness (QED) is 0.777. The molecule has 2 rings (SSSR count). The number of anilines is 1. The first-order chi connectivity index (χ1) is 7.90. The van der Waals surface area contributed by atoms with E-state index in [0.717, 1.165) is 17.9 Å². The summed E-state index contributed by atoms with van der Waals surface area (Å²) < 4.78 is 1.87. The zero-order chi connectivity index (χ0) is 11.2. The van der Waals surface area contributed by atoms with Gasteiger partial charge in [0.2, 0.25) is 0 Å². The van der Waals surface area contributed by atoms with Crippen LogP contribution in [-0.4, -0.2) is 16.3 Å². The van der Waals surface area contributed by atoms with Crippen LogP contribution in [0.1, 0.15) is 19.8 Å². The molecule has 0 radical (unpaired) electrons. The first kappa shape index (κ1) is 10.7. The molecule has 1 aromatic carbocycles. The Kier molecular flexibility index (Phi) is 3.59. The molecule has 1 N–H and O–H groups in total. The summed E-state index contributed by atoms with van der Waals surface area (Å²) in [6.45, 7) is 3.22. The van der Waals surface area contributed by atoms with Crippen LogP contribution >= 0.6 is 0 Å². The second-order valence-electron chi connectivity index (χ2n) is 3.78. The smallest absolute Gasteiger partial charge is 0.0666 e. The topological polar surface area (TPSA) is 29.9 Å². The average molecular weight is 215 g/mol. The molecule has 0 fully saturated rings. The van der Waals surface area contributed by atoms with E-state index in [1.165, 1.54) is 12.8 Å². The van der Waals surface area contributed by atoms with Gasteiger partial charge in [-0.05, 0) is 30.7 Å². The number of nitrogens with one attached hydrogen (secondary N) is 1. The van der Waals surface area contributed by atoms with Crippen molar-refractivity contribution < 1.29 is 0 Å². The van der Waals surface area contributed by atoms with Crippen molar-refractivity contribution in [3.63, 3.8) is 0 Å². The van der Waals surface area contributed by atoms with E-state index in [4.69, 9.17) is 0 Å². The molecule has 84 valence electrons. The third kappa shape index (κ3) is 2.63. The van der Waals surface area contributed by atoms with E-state index in [9.17, 15) is 0 Å². The molecule has 16 heavy (non-hydrogen) atoms. The highest BCUT2D eigenvalue weighted by Crippen LogP contribution is 2.13. The highest BCUT2D eigenvalue weighted by molar-refractivity contribution is 5.50. The van der Waals surface area contributed by atoms with Crippen LogP contribution in [0.15, 0.2) is 42.7 Å². The predicted molar refractivity (Wildman–Crippen MR) is 67.0 cm³/mol. The standard InChI is InChI=1S/C13H17N3/c1-2-3-8-14-12-6-4-7-13(11-12)16-10-5-9-15-16/h4-7,9-11,14H,2-3,8H2,1H3. The van der Waals surface area contributed by atoms with Gasteiger partial charge in [-0.3, -0.25) is 0 Å². The monoisotopic (exact) mass is 215 g/mol. The first-order valence-electron chi connectivity index (χ1n) is 5.74. The molecule has 0 amide bonds. The zero-order valence-corrected chi connectivity index (χ0v) is 9.56. The van der Waals surface area contributed by atoms with Crippen molar-refractivity contribution >= 4 is 5.69 Å². The number of hydrogen-bond acceptors (Lipinski definition) is 2. The minimum absolute atomic E-state index is 1.03. The minimum Gasteiger partial charge on any atom is -0.385 e. The van der Waals surface area contributed by atoms with Crippen LogP contribution in [0.25, 0.3) is 5.69 Å². The van der Waals surface area contributed by atoms with Crippen molar-refractivity contribution in [2.24, 2.45) is 0 Å². The molecular weight excluding hydrogens is 198 g/mol. The zero-order valence-electron chi connectivity index (χ0n) is 9.56. The Morgan fingerprint density at radius 1 is 1.31 bits per heavy atom. The van der Waals surface area contributed by atoms with Gasteiger partial charge in [0.1, 0.15) is 0 Å². The van der Waals surface area contributed by atoms with Crippen molar-refractivity contribution in [1.82, 2.24) is 9.78 Å². The normalized spacial score (nSPS) is 10.3. The third-order valence-electron chi connectivity index (χ3n) is 2.47. The Labute approximate surface area is 96.1 Å². The molecule has 0 aliphatic rings. The Morgan fingerprint density at radius 2 is 2.25 bits per heavy atom. The average Bonchev–Trinajstić information content (AvgIpc) is 2.83. The van der Waals surface area contributed by atoms with E-state index in [2.05, 4.69) is 35.5 Å². The lowest BCUT2D eigenvalue weighted by Crippen LogP contribution is -2.02. The van der Waals surface area contributed by atoms with Gasteiger partial charge >= 0.3 is 0 Å². The van der Waals surface area contributed by atoms with Gasteiger partial charge in [0, 0.05) is 24.6 Å². The molecule has 3 heteroatoms. The number of rotatable bonds is 5. The summed E-state index contributed by atoms with van der Waals surface area (Å²) in [5, 5.41) is 7.62. The van der Waals surface area contributed by atoms with Crippen molar-refractivity contribution in [2.45, 2.75) is 19.8 Å². The van der Waals surface area contributed by atoms with Gasteiger partial charge < -0.3 is 5.32 Å². The number of hydrogen-bond donors (Lipinski definition) is 1. The molecule has 0 aliphatic carbocycles. The molecule has 1 heterocycles. The highest BCUT2D eigenvalue weighted by Gasteiger charge is 1.97. The molecule has 0 bridgehead atoms. The fraction of sp³-hybridized carbons (Fsp3) is 0.308. The molecule has 0 unspecified atom stereocenters. The van der Waals surface area contributed by atoms with Crippen LogP contribution in [0.4, 0.5) is 5.69 Å². The van der Waals surface area contributed by atoms with E-state index in [1.807, 2.05) is 23.0 Å². The molecule has 0 saturated carbocycles. The molecule has 0 atom stereocenters. The van der Waals surface area contributed by atoms with E-state index in [1.54, 1.807) is 6.20 Å². The van der Waals surface area contributed by atoms with Crippen LogP contribution < -0.4 is 5.32 Å². The lowest BCUT2D eigenvalue weighted by Gasteiger charge is -2.07. The van der Waals surface area contributed by atoms with Crippen molar-refractivity contribution in [2.75, 3.05) is 11.9 Å². The Morgan fingerprint density at radius 3 is 3.00 bits per heavy atom. The first-order valence-corrected chi connectivity index (χ1v) is 5.74. The molecule has 2 aromatic rings. The summed E-state index contributed by atoms with van der Waals surface area (Å²) >= 11 is 0. The van der Waals surface area contributed by atoms with Crippen LogP contribution in [0.3, 0.4) is 0 Å². The van der Waals surface area contributed by atoms with E-state index >= 15 is 0 Å². The summed E-state index contributed by atoms with van der Waals surface area (Å²) in [6, 6.07) is 10.2. The minimum atomic E-state index is 1.03. The Bertz CT molecular complexity index is 421. The van der Waals surface area contributed by atoms with Gasteiger partial charge in [0.05, 0.1) is 5.69 Å². The van der Waals surface area contributed by atoms with Gasteiger partial charge in [0.15, 0.2) is 0 Å². The molecule has 0 saturated heterocycles. The maximum atomic E-state index is 4.21. The molecule has 1 aromatic heterocycles. The Balaban J connectivity index is 2.08. The van der Waals surface area contributed by atoms with Gasteiger partial charge in [-0.1, -0.05) is 19.4 Å². The van der Waals surface area contributed by atoms with E-state index < -0.39 is 0 Å². The number of nitrogens with zero attached hydrogens (tertiary/aromatic N) is 2. The molecule has 3 nitrogen and oxygen atoms in total. The molecular formula is C13H17N3. The summed E-state index contributed by atoms with van der Waals surface area (Å²) in [6.07, 6.45) is 6.15. The number of benzene rings is 1. The SMILES string of the molecule is CCCCNc1cccc(-n2cccn2)c1. The maximum absolute atomic E-state index is 4.21. The number of unbranched alkanes of at least 4 members (excludes halogenated alkanes) is 1. The fourth-order valence-electron chi connectivity index (χ4n) is 1.59. The summed E-state index contributed by atoms with van der Waals surface area (Å²) in [4.78, 5) is 0. The van der Waals surface area contributed by atoms with E-state index in [0.29, 0.717) is 0 Å². The van der Waals surface area contributed by atoms with Crippen LogP contribution in [0.5, 0.6) is 0 Å². The second-order valence-corrected chi connectivity index (χ2v) is 3.78. The lowest BCUT2D eigenvalue weighted by molar-refractivity contribution is 0.833. The van der Waals surface area contributed by atoms with Gasteiger partial charge in [-0.25, -0.2) is 4.68 Å². The van der Waals surface area contributed by atoms with Gasteiger partial charge in [0.25, 0.3) is 0 Å². The Hall–Kier alpha value is -1.77. The fourth-order valence-corrected chi connectivity index (χ4v) is 1.59. The summed E-state index contributed by atoms with van der Waals surface area (Å²) in [7, 11) is 0. The largest absolute Gasteiger partial charge is 0.385 e. The van der Waals surface area contributed by atoms with Crippen LogP contribution in [-0.2, 0) is 0 Å². The third-order valence-corrected chi connectivity index (χ3v) is 2.47. The lowest BCUT2D eigenvalue weighted by atomic mass is 10.2. The predicted octanol–water partition coefficient (Wildman–Crippen LogP) is 3.08. The van der Waals surface area contributed by atoms with E-state index in [-0.39, 0.29) is 0 Å². The molecule has 0 aliphatic heterocycles. The second kappa shape index (κ2) is 5.35. The summed E-state index contributed by atoms with van der Waals surface area (Å²) in [5.74, 6) is 0. The summed E-state index contributed by atoms with van der Waals surface area (Å²) in [5.41, 5.74) is 2.24. The van der Waals surface area contributed by atoms with Crippen molar-refractivity contribution in [3.8, 4) is 5.69 Å². The maximum Gasteiger partial charge on any atom is 0.0666 e. The van der Waals surface area contributed by atoms with Crippen LogP contribution in [0.2, 0.25) is 0 Å². The van der Waals surface area contributed by atoms with Gasteiger partial charge in [-0.15, -0.1) is 0 Å². The number of aromatic nitrogens is 2. The van der Waals surface area contributed by atoms with Crippen molar-refractivity contribution in [1.29, 1.82) is 0 Å². The highest BCUT2D eigenvalue weighted by atomic mass is 15.3. The molecule has 0 spiro atoms.